The fraction of sp³-hybridized carbons (Fsp3) is 0.690. The Labute approximate surface area is 417 Å². The molecule has 0 aromatic carbocycles. The van der Waals surface area contributed by atoms with E-state index in [0.29, 0.717) is 17.4 Å². The Bertz CT molecular complexity index is 1470. The maximum absolute atomic E-state index is 12.8. The van der Waals surface area contributed by atoms with Crippen LogP contribution in [0.3, 0.4) is 0 Å². The summed E-state index contributed by atoms with van der Waals surface area (Å²) in [5, 5.41) is 0. The minimum absolute atomic E-state index is 0.0380. The van der Waals surface area contributed by atoms with Gasteiger partial charge < -0.3 is 27.9 Å². The van der Waals surface area contributed by atoms with Crippen molar-refractivity contribution in [1.82, 2.24) is 0 Å². The predicted molar refractivity (Wildman–Crippen MR) is 286 cm³/mol. The number of nitrogens with zero attached hydrogens (tertiary/aromatic N) is 1. The zero-order chi connectivity index (χ0) is 49.9. The first-order chi connectivity index (χ1) is 33.0. The molecule has 0 amide bonds. The molecule has 2 atom stereocenters. The molecule has 0 aromatic rings. The van der Waals surface area contributed by atoms with Gasteiger partial charge in [0.1, 0.15) is 19.8 Å². The van der Waals surface area contributed by atoms with E-state index >= 15 is 0 Å². The summed E-state index contributed by atoms with van der Waals surface area (Å²) in [4.78, 5) is 37.8. The van der Waals surface area contributed by atoms with Crippen molar-refractivity contribution in [2.24, 2.45) is 0 Å². The summed E-state index contributed by atoms with van der Waals surface area (Å²) in [7, 11) is 1.14. The molecular formula is C58H100NO8P. The van der Waals surface area contributed by atoms with Gasteiger partial charge in [-0.2, -0.15) is 0 Å². The molecule has 390 valence electrons. The van der Waals surface area contributed by atoms with Gasteiger partial charge >= 0.3 is 11.9 Å². The number of hydrogen-bond acceptors (Lipinski definition) is 8. The second-order valence-electron chi connectivity index (χ2n) is 18.8. The summed E-state index contributed by atoms with van der Waals surface area (Å²) >= 11 is 0. The molecule has 0 aliphatic carbocycles. The molecule has 0 aliphatic heterocycles. The number of rotatable bonds is 48. The third-order valence-corrected chi connectivity index (χ3v) is 12.1. The molecule has 0 rings (SSSR count). The molecule has 0 aromatic heterocycles. The third-order valence-electron chi connectivity index (χ3n) is 11.1. The maximum Gasteiger partial charge on any atom is 0.306 e. The number of hydrogen-bond donors (Lipinski definition) is 0. The molecule has 0 spiro atoms. The van der Waals surface area contributed by atoms with Crippen LogP contribution in [0.25, 0.3) is 0 Å². The van der Waals surface area contributed by atoms with Gasteiger partial charge in [0.15, 0.2) is 6.10 Å². The first kappa shape index (κ1) is 64.9. The highest BCUT2D eigenvalue weighted by Crippen LogP contribution is 2.38. The Hall–Kier alpha value is -3.07. The molecule has 0 heterocycles. The van der Waals surface area contributed by atoms with E-state index in [1.54, 1.807) is 0 Å². The molecule has 9 nitrogen and oxygen atoms in total. The largest absolute Gasteiger partial charge is 0.756 e. The predicted octanol–water partition coefficient (Wildman–Crippen LogP) is 15.8. The zero-order valence-electron chi connectivity index (χ0n) is 44.0. The normalized spacial score (nSPS) is 14.1. The Morgan fingerprint density at radius 2 is 0.794 bits per heavy atom. The lowest BCUT2D eigenvalue weighted by atomic mass is 10.0. The van der Waals surface area contributed by atoms with Gasteiger partial charge in [-0.1, -0.05) is 201 Å². The van der Waals surface area contributed by atoms with Crippen LogP contribution in [0.4, 0.5) is 0 Å². The van der Waals surface area contributed by atoms with Crippen molar-refractivity contribution in [2.45, 2.75) is 213 Å². The van der Waals surface area contributed by atoms with Crippen LogP contribution in [-0.2, 0) is 32.7 Å². The summed E-state index contributed by atoms with van der Waals surface area (Å²) in [6, 6.07) is 0. The van der Waals surface area contributed by atoms with Gasteiger partial charge in [-0.3, -0.25) is 14.2 Å². The average Bonchev–Trinajstić information content (AvgIpc) is 3.30. The Morgan fingerprint density at radius 1 is 0.456 bits per heavy atom. The molecule has 0 bridgehead atoms. The van der Waals surface area contributed by atoms with Gasteiger partial charge in [-0.25, -0.2) is 0 Å². The molecule has 0 radical (unpaired) electrons. The van der Waals surface area contributed by atoms with Crippen molar-refractivity contribution in [2.75, 3.05) is 47.5 Å². The van der Waals surface area contributed by atoms with Crippen LogP contribution in [0.15, 0.2) is 97.2 Å². The van der Waals surface area contributed by atoms with Crippen molar-refractivity contribution in [3.63, 3.8) is 0 Å². The first-order valence-corrected chi connectivity index (χ1v) is 28.4. The number of unbranched alkanes of at least 4 members (excludes halogenated alkanes) is 18. The van der Waals surface area contributed by atoms with Crippen LogP contribution in [0.2, 0.25) is 0 Å². The maximum atomic E-state index is 12.8. The number of carbonyl (C=O) groups is 2. The summed E-state index contributed by atoms with van der Waals surface area (Å²) in [6.45, 7) is 3.99. The smallest absolute Gasteiger partial charge is 0.306 e. The van der Waals surface area contributed by atoms with Gasteiger partial charge in [-0.05, 0) is 89.9 Å². The van der Waals surface area contributed by atoms with E-state index in [2.05, 4.69) is 111 Å². The average molecular weight is 970 g/mol. The Balaban J connectivity index is 4.25. The lowest BCUT2D eigenvalue weighted by Crippen LogP contribution is -2.37. The molecular weight excluding hydrogens is 870 g/mol. The molecule has 2 unspecified atom stereocenters. The highest BCUT2D eigenvalue weighted by Gasteiger charge is 2.21. The number of allylic oxidation sites excluding steroid dienone is 16. The van der Waals surface area contributed by atoms with E-state index < -0.39 is 32.5 Å². The van der Waals surface area contributed by atoms with Crippen LogP contribution >= 0.6 is 7.82 Å². The van der Waals surface area contributed by atoms with Crippen LogP contribution in [-0.4, -0.2) is 70.0 Å². The number of esters is 2. The van der Waals surface area contributed by atoms with Gasteiger partial charge in [0, 0.05) is 12.8 Å². The second kappa shape index (κ2) is 48.9. The van der Waals surface area contributed by atoms with Crippen molar-refractivity contribution in [1.29, 1.82) is 0 Å². The lowest BCUT2D eigenvalue weighted by Gasteiger charge is -2.28. The molecule has 0 fully saturated rings. The number of phosphoric acid groups is 1. The van der Waals surface area contributed by atoms with E-state index in [4.69, 9.17) is 18.5 Å². The van der Waals surface area contributed by atoms with Crippen LogP contribution < -0.4 is 4.89 Å². The van der Waals surface area contributed by atoms with Gasteiger partial charge in [0.2, 0.25) is 0 Å². The second-order valence-corrected chi connectivity index (χ2v) is 20.2. The van der Waals surface area contributed by atoms with Crippen LogP contribution in [0.1, 0.15) is 206 Å². The molecule has 0 saturated heterocycles. The third kappa shape index (κ3) is 52.3. The van der Waals surface area contributed by atoms with E-state index in [1.165, 1.54) is 64.2 Å². The minimum Gasteiger partial charge on any atom is -0.756 e. The van der Waals surface area contributed by atoms with Crippen molar-refractivity contribution in [3.05, 3.63) is 97.2 Å². The van der Waals surface area contributed by atoms with Crippen molar-refractivity contribution in [3.8, 4) is 0 Å². The van der Waals surface area contributed by atoms with E-state index in [0.717, 1.165) is 109 Å². The summed E-state index contributed by atoms with van der Waals surface area (Å²) in [6.07, 6.45) is 65.8. The number of carbonyl (C=O) groups excluding carboxylic acids is 2. The van der Waals surface area contributed by atoms with Crippen LogP contribution in [0, 0.1) is 0 Å². The Morgan fingerprint density at radius 3 is 1.18 bits per heavy atom. The number of likely N-dealkylation sites (N-methyl/N-ethyl adjacent to an activating group) is 1. The fourth-order valence-electron chi connectivity index (χ4n) is 6.99. The molecule has 0 aliphatic rings. The molecule has 0 N–H and O–H groups in total. The van der Waals surface area contributed by atoms with Gasteiger partial charge in [0.25, 0.3) is 7.82 Å². The topological polar surface area (TPSA) is 111 Å². The van der Waals surface area contributed by atoms with Crippen LogP contribution in [0.5, 0.6) is 0 Å². The summed E-state index contributed by atoms with van der Waals surface area (Å²) in [5.74, 6) is -0.852. The van der Waals surface area contributed by atoms with E-state index in [9.17, 15) is 19.0 Å². The zero-order valence-corrected chi connectivity index (χ0v) is 44.9. The quantitative estimate of drug-likeness (QED) is 0.0195. The first-order valence-electron chi connectivity index (χ1n) is 26.9. The minimum atomic E-state index is -4.64. The highest BCUT2D eigenvalue weighted by molar-refractivity contribution is 7.45. The Kier molecular flexibility index (Phi) is 46.7. The summed E-state index contributed by atoms with van der Waals surface area (Å²) in [5.41, 5.74) is 0. The standard InChI is InChI=1S/C58H100NO8P/c1-6-8-10-12-14-16-18-20-22-24-26-28-29-31-33-35-37-39-41-43-45-47-49-51-58(61)67-56(55-66-68(62,63)65-53-52-59(3,4)5)54-64-57(60)50-48-46-44-42-40-38-36-34-32-30-27-25-23-21-19-17-15-13-11-9-7-2/h8-11,14-17,20-23,26-28,30,56H,6-7,12-13,18-19,24-25,29,31-55H2,1-5H3/b10-8-,11-9-,16-14-,17-15-,22-20-,23-21-,28-26-,30-27-. The van der Waals surface area contributed by atoms with Gasteiger partial charge in [0.05, 0.1) is 27.7 Å². The highest BCUT2D eigenvalue weighted by atomic mass is 31.2. The molecule has 0 saturated carbocycles. The summed E-state index contributed by atoms with van der Waals surface area (Å²) < 4.78 is 34.1. The van der Waals surface area contributed by atoms with E-state index in [1.807, 2.05) is 21.1 Å². The lowest BCUT2D eigenvalue weighted by molar-refractivity contribution is -0.870. The van der Waals surface area contributed by atoms with E-state index in [-0.39, 0.29) is 26.1 Å². The van der Waals surface area contributed by atoms with Crippen molar-refractivity contribution >= 4 is 19.8 Å². The number of quaternary nitrogens is 1. The molecule has 10 heteroatoms. The number of phosphoric ester groups is 1. The number of ether oxygens (including phenoxy) is 2. The molecule has 68 heavy (non-hydrogen) atoms. The van der Waals surface area contributed by atoms with Gasteiger partial charge in [-0.15, -0.1) is 0 Å². The monoisotopic (exact) mass is 970 g/mol. The SMILES string of the molecule is CC/C=C\C/C=C\C/C=C\C/C=C\CCCCCCCCCCCCC(=O)OC(COC(=O)CCCCCCCCCC/C=C\C/C=C\C/C=C\C/C=C\CC)COP(=O)([O-])OCC[N+](C)(C)C. The fourth-order valence-corrected chi connectivity index (χ4v) is 7.72. The van der Waals surface area contributed by atoms with Crippen molar-refractivity contribution < 1.29 is 42.1 Å².